The van der Waals surface area contributed by atoms with Gasteiger partial charge in [0.25, 0.3) is 0 Å². The Kier molecular flexibility index (Phi) is 4.87. The molecule has 7 nitrogen and oxygen atoms in total. The average Bonchev–Trinajstić information content (AvgIpc) is 3.22. The fourth-order valence-corrected chi connectivity index (χ4v) is 2.62. The van der Waals surface area contributed by atoms with E-state index in [2.05, 4.69) is 20.3 Å². The highest BCUT2D eigenvalue weighted by Crippen LogP contribution is 2.14. The molecule has 1 aliphatic heterocycles. The van der Waals surface area contributed by atoms with E-state index in [1.807, 2.05) is 29.8 Å². The predicted octanol–water partition coefficient (Wildman–Crippen LogP) is 1.16. The van der Waals surface area contributed by atoms with Gasteiger partial charge in [0, 0.05) is 37.3 Å². The van der Waals surface area contributed by atoms with Gasteiger partial charge in [-0.1, -0.05) is 6.07 Å². The van der Waals surface area contributed by atoms with Crippen LogP contribution >= 0.6 is 0 Å². The Morgan fingerprint density at radius 1 is 1.48 bits per heavy atom. The highest BCUT2D eigenvalue weighted by molar-refractivity contribution is 5.77. The van der Waals surface area contributed by atoms with E-state index in [1.165, 1.54) is 0 Å². The van der Waals surface area contributed by atoms with E-state index in [4.69, 9.17) is 10.5 Å². The van der Waals surface area contributed by atoms with Gasteiger partial charge in [-0.25, -0.2) is 15.0 Å². The van der Waals surface area contributed by atoms with Crippen molar-refractivity contribution in [2.45, 2.75) is 32.4 Å². The molecule has 1 unspecified atom stereocenters. The molecule has 0 aliphatic carbocycles. The molecule has 2 aromatic heterocycles. The smallest absolute Gasteiger partial charge is 0.189 e. The SMILES string of the molecule is Cc1nccn1-c1ncccc1CN=C(N)NCC1CCCO1. The zero-order valence-corrected chi connectivity index (χ0v) is 13.3. The number of hydrogen-bond acceptors (Lipinski definition) is 4. The highest BCUT2D eigenvalue weighted by Gasteiger charge is 2.15. The molecule has 3 heterocycles. The third kappa shape index (κ3) is 3.87. The van der Waals surface area contributed by atoms with Crippen LogP contribution < -0.4 is 11.1 Å². The number of aryl methyl sites for hydroxylation is 1. The predicted molar refractivity (Wildman–Crippen MR) is 88.4 cm³/mol. The van der Waals surface area contributed by atoms with Crippen LogP contribution in [0.15, 0.2) is 35.7 Å². The topological polar surface area (TPSA) is 90.4 Å². The Morgan fingerprint density at radius 3 is 3.13 bits per heavy atom. The quantitative estimate of drug-likeness (QED) is 0.638. The molecular formula is C16H22N6O. The average molecular weight is 314 g/mol. The summed E-state index contributed by atoms with van der Waals surface area (Å²) in [5.74, 6) is 2.15. The zero-order valence-electron chi connectivity index (χ0n) is 13.3. The molecule has 0 spiro atoms. The van der Waals surface area contributed by atoms with Gasteiger partial charge >= 0.3 is 0 Å². The van der Waals surface area contributed by atoms with Crippen molar-refractivity contribution in [2.24, 2.45) is 10.7 Å². The lowest BCUT2D eigenvalue weighted by molar-refractivity contribution is 0.114. The summed E-state index contributed by atoms with van der Waals surface area (Å²) in [6.07, 6.45) is 7.85. The van der Waals surface area contributed by atoms with Gasteiger partial charge in [-0.2, -0.15) is 0 Å². The van der Waals surface area contributed by atoms with Crippen LogP contribution in [0.25, 0.3) is 5.82 Å². The fourth-order valence-electron chi connectivity index (χ4n) is 2.62. The fraction of sp³-hybridized carbons (Fsp3) is 0.438. The second-order valence-corrected chi connectivity index (χ2v) is 5.55. The molecule has 23 heavy (non-hydrogen) atoms. The number of aromatic nitrogens is 3. The van der Waals surface area contributed by atoms with Gasteiger partial charge in [-0.15, -0.1) is 0 Å². The molecule has 0 radical (unpaired) electrons. The van der Waals surface area contributed by atoms with Crippen LogP contribution in [0.5, 0.6) is 0 Å². The lowest BCUT2D eigenvalue weighted by Crippen LogP contribution is -2.37. The summed E-state index contributed by atoms with van der Waals surface area (Å²) in [5, 5.41) is 3.12. The Hall–Kier alpha value is -2.41. The van der Waals surface area contributed by atoms with E-state index in [1.54, 1.807) is 12.4 Å². The van der Waals surface area contributed by atoms with Gasteiger partial charge < -0.3 is 15.8 Å². The summed E-state index contributed by atoms with van der Waals surface area (Å²) in [4.78, 5) is 13.1. The van der Waals surface area contributed by atoms with Gasteiger partial charge in [-0.3, -0.25) is 4.57 Å². The van der Waals surface area contributed by atoms with Crippen molar-refractivity contribution in [3.05, 3.63) is 42.1 Å². The molecule has 122 valence electrons. The van der Waals surface area contributed by atoms with Gasteiger partial charge in [-0.05, 0) is 25.8 Å². The Balaban J connectivity index is 1.65. The summed E-state index contributed by atoms with van der Waals surface area (Å²) in [5.41, 5.74) is 6.94. The Labute approximate surface area is 135 Å². The minimum absolute atomic E-state index is 0.242. The van der Waals surface area contributed by atoms with Crippen LogP contribution in [-0.2, 0) is 11.3 Å². The number of aliphatic imine (C=N–C) groups is 1. The van der Waals surface area contributed by atoms with Crippen LogP contribution in [0.2, 0.25) is 0 Å². The number of pyridine rings is 1. The Bertz CT molecular complexity index is 675. The molecule has 1 aliphatic rings. The summed E-state index contributed by atoms with van der Waals surface area (Å²) in [6.45, 7) is 3.95. The van der Waals surface area contributed by atoms with Crippen molar-refractivity contribution < 1.29 is 4.74 Å². The number of nitrogens with one attached hydrogen (secondary N) is 1. The molecule has 2 aromatic rings. The molecule has 3 N–H and O–H groups in total. The number of nitrogens with zero attached hydrogens (tertiary/aromatic N) is 4. The van der Waals surface area contributed by atoms with Crippen LogP contribution in [0, 0.1) is 6.92 Å². The summed E-state index contributed by atoms with van der Waals surface area (Å²) >= 11 is 0. The maximum Gasteiger partial charge on any atom is 0.189 e. The second kappa shape index (κ2) is 7.23. The van der Waals surface area contributed by atoms with Gasteiger partial charge in [0.05, 0.1) is 12.6 Å². The van der Waals surface area contributed by atoms with E-state index < -0.39 is 0 Å². The van der Waals surface area contributed by atoms with Crippen molar-refractivity contribution in [2.75, 3.05) is 13.2 Å². The van der Waals surface area contributed by atoms with Gasteiger partial charge in [0.15, 0.2) is 5.96 Å². The van der Waals surface area contributed by atoms with E-state index >= 15 is 0 Å². The minimum Gasteiger partial charge on any atom is -0.376 e. The third-order valence-corrected chi connectivity index (χ3v) is 3.88. The Morgan fingerprint density at radius 2 is 2.39 bits per heavy atom. The third-order valence-electron chi connectivity index (χ3n) is 3.88. The minimum atomic E-state index is 0.242. The largest absolute Gasteiger partial charge is 0.376 e. The molecule has 0 saturated carbocycles. The lowest BCUT2D eigenvalue weighted by atomic mass is 10.2. The van der Waals surface area contributed by atoms with E-state index in [-0.39, 0.29) is 6.10 Å². The molecule has 1 saturated heterocycles. The standard InChI is InChI=1S/C16H22N6O/c1-12-18-7-8-22(12)15-13(4-2-6-19-15)10-20-16(17)21-11-14-5-3-9-23-14/h2,4,6-8,14H,3,5,9-11H2,1H3,(H3,17,20,21). The number of hydrogen-bond donors (Lipinski definition) is 2. The van der Waals surface area contributed by atoms with Crippen LogP contribution in [0.4, 0.5) is 0 Å². The van der Waals surface area contributed by atoms with Crippen molar-refractivity contribution in [1.29, 1.82) is 0 Å². The molecule has 1 atom stereocenters. The van der Waals surface area contributed by atoms with Gasteiger partial charge in [0.2, 0.25) is 0 Å². The summed E-state index contributed by atoms with van der Waals surface area (Å²) in [7, 11) is 0. The first kappa shape index (κ1) is 15.5. The van der Waals surface area contributed by atoms with E-state index in [0.29, 0.717) is 19.0 Å². The van der Waals surface area contributed by atoms with Crippen LogP contribution in [-0.4, -0.2) is 39.8 Å². The number of rotatable bonds is 5. The maximum atomic E-state index is 5.94. The number of ether oxygens (including phenoxy) is 1. The van der Waals surface area contributed by atoms with Crippen LogP contribution in [0.3, 0.4) is 0 Å². The monoisotopic (exact) mass is 314 g/mol. The molecule has 1 fully saturated rings. The van der Waals surface area contributed by atoms with Crippen molar-refractivity contribution in [1.82, 2.24) is 19.9 Å². The normalized spacial score (nSPS) is 18.3. The molecule has 0 amide bonds. The highest BCUT2D eigenvalue weighted by atomic mass is 16.5. The zero-order chi connectivity index (χ0) is 16.1. The van der Waals surface area contributed by atoms with Gasteiger partial charge in [0.1, 0.15) is 11.6 Å². The van der Waals surface area contributed by atoms with Crippen molar-refractivity contribution >= 4 is 5.96 Å². The molecule has 3 rings (SSSR count). The molecule has 0 bridgehead atoms. The number of nitrogens with two attached hydrogens (primary N) is 1. The number of imidazole rings is 1. The summed E-state index contributed by atoms with van der Waals surface area (Å²) < 4.78 is 7.50. The summed E-state index contributed by atoms with van der Waals surface area (Å²) in [6, 6.07) is 3.90. The van der Waals surface area contributed by atoms with Crippen molar-refractivity contribution in [3.8, 4) is 5.82 Å². The molecule has 0 aromatic carbocycles. The second-order valence-electron chi connectivity index (χ2n) is 5.55. The maximum absolute atomic E-state index is 5.94. The van der Waals surface area contributed by atoms with Crippen molar-refractivity contribution in [3.63, 3.8) is 0 Å². The van der Waals surface area contributed by atoms with E-state index in [9.17, 15) is 0 Å². The van der Waals surface area contributed by atoms with Crippen LogP contribution in [0.1, 0.15) is 24.2 Å². The number of guanidine groups is 1. The van der Waals surface area contributed by atoms with E-state index in [0.717, 1.165) is 36.7 Å². The molecular weight excluding hydrogens is 292 g/mol. The first-order valence-corrected chi connectivity index (χ1v) is 7.83. The molecule has 7 heteroatoms. The first-order valence-electron chi connectivity index (χ1n) is 7.83. The first-order chi connectivity index (χ1) is 11.2. The lowest BCUT2D eigenvalue weighted by Gasteiger charge is -2.12.